The second kappa shape index (κ2) is 6.30. The number of benzene rings is 2. The highest BCUT2D eigenvalue weighted by molar-refractivity contribution is 5.95. The number of carbonyl (C=O) groups is 1. The van der Waals surface area contributed by atoms with Crippen LogP contribution in [0.5, 0.6) is 0 Å². The van der Waals surface area contributed by atoms with Crippen LogP contribution >= 0.6 is 0 Å². The van der Waals surface area contributed by atoms with Gasteiger partial charge in [-0.25, -0.2) is 9.18 Å². The quantitative estimate of drug-likeness (QED) is 0.596. The van der Waals surface area contributed by atoms with E-state index in [0.29, 0.717) is 11.5 Å². The summed E-state index contributed by atoms with van der Waals surface area (Å²) in [4.78, 5) is 12.3. The molecule has 0 spiro atoms. The summed E-state index contributed by atoms with van der Waals surface area (Å²) in [5.74, 6) is -0.0272. The number of hydrogen-bond donors (Lipinski definition) is 0. The van der Waals surface area contributed by atoms with E-state index in [2.05, 4.69) is 6.58 Å². The molecule has 2 nitrogen and oxygen atoms in total. The molecule has 0 bridgehead atoms. The van der Waals surface area contributed by atoms with Crippen molar-refractivity contribution in [3.8, 4) is 0 Å². The summed E-state index contributed by atoms with van der Waals surface area (Å²) in [6, 6.07) is 9.74. The molecule has 0 radical (unpaired) electrons. The number of halogens is 1. The van der Waals surface area contributed by atoms with E-state index in [9.17, 15) is 9.18 Å². The maximum absolute atomic E-state index is 13.2. The fourth-order valence-corrected chi connectivity index (χ4v) is 3.01. The molecule has 3 heteroatoms. The van der Waals surface area contributed by atoms with Crippen LogP contribution < -0.4 is 0 Å². The topological polar surface area (TPSA) is 26.3 Å². The van der Waals surface area contributed by atoms with Gasteiger partial charge in [0, 0.05) is 0 Å². The molecule has 22 heavy (non-hydrogen) atoms. The third kappa shape index (κ3) is 3.19. The highest BCUT2D eigenvalue weighted by atomic mass is 19.1. The highest BCUT2D eigenvalue weighted by Crippen LogP contribution is 2.27. The van der Waals surface area contributed by atoms with Crippen LogP contribution in [-0.4, -0.2) is 12.1 Å². The predicted molar refractivity (Wildman–Crippen MR) is 85.3 cm³/mol. The molecule has 0 unspecified atom stereocenters. The summed E-state index contributed by atoms with van der Waals surface area (Å²) >= 11 is 0. The monoisotopic (exact) mass is 298 g/mol. The Kier molecular flexibility index (Phi) is 4.23. The van der Waals surface area contributed by atoms with Crippen molar-refractivity contribution in [2.45, 2.75) is 31.8 Å². The SMILES string of the molecule is C=CC1CCC(OC(=O)c2ccc3cc(F)ccc3c2)CC1. The standard InChI is InChI=1S/C19H19FO2/c1-2-13-3-9-18(10-4-13)22-19(21)16-6-5-15-12-17(20)8-7-14(15)11-16/h2,5-8,11-13,18H,1,3-4,9-10H2. The minimum atomic E-state index is -0.298. The second-order valence-electron chi connectivity index (χ2n) is 5.88. The number of rotatable bonds is 3. The molecule has 2 aromatic rings. The minimum absolute atomic E-state index is 0.00684. The zero-order chi connectivity index (χ0) is 15.5. The zero-order valence-corrected chi connectivity index (χ0v) is 12.4. The van der Waals surface area contributed by atoms with E-state index >= 15 is 0 Å². The molecule has 1 aliphatic carbocycles. The van der Waals surface area contributed by atoms with Gasteiger partial charge in [-0.15, -0.1) is 6.58 Å². The summed E-state index contributed by atoms with van der Waals surface area (Å²) in [5, 5.41) is 1.62. The molecule has 0 aromatic heterocycles. The van der Waals surface area contributed by atoms with Gasteiger partial charge >= 0.3 is 5.97 Å². The van der Waals surface area contributed by atoms with Crippen LogP contribution in [0.3, 0.4) is 0 Å². The number of esters is 1. The van der Waals surface area contributed by atoms with Crippen LogP contribution in [0.4, 0.5) is 4.39 Å². The smallest absolute Gasteiger partial charge is 0.338 e. The summed E-state index contributed by atoms with van der Waals surface area (Å²) in [6.45, 7) is 3.82. The van der Waals surface area contributed by atoms with Gasteiger partial charge in [0.05, 0.1) is 5.56 Å². The lowest BCUT2D eigenvalue weighted by molar-refractivity contribution is 0.0185. The first-order valence-electron chi connectivity index (χ1n) is 7.68. The number of hydrogen-bond acceptors (Lipinski definition) is 2. The molecule has 0 saturated heterocycles. The van der Waals surface area contributed by atoms with Gasteiger partial charge in [0.15, 0.2) is 0 Å². The summed E-state index contributed by atoms with van der Waals surface area (Å²) in [7, 11) is 0. The van der Waals surface area contributed by atoms with Gasteiger partial charge in [-0.1, -0.05) is 18.2 Å². The van der Waals surface area contributed by atoms with Gasteiger partial charge in [-0.3, -0.25) is 0 Å². The van der Waals surface area contributed by atoms with Crippen molar-refractivity contribution in [2.24, 2.45) is 5.92 Å². The molecule has 0 heterocycles. The number of carbonyl (C=O) groups excluding carboxylic acids is 1. The molecule has 1 saturated carbocycles. The first kappa shape index (κ1) is 14.8. The largest absolute Gasteiger partial charge is 0.459 e. The van der Waals surface area contributed by atoms with Crippen molar-refractivity contribution in [3.05, 3.63) is 60.4 Å². The Morgan fingerprint density at radius 3 is 2.50 bits per heavy atom. The lowest BCUT2D eigenvalue weighted by Crippen LogP contribution is -2.23. The summed E-state index contributed by atoms with van der Waals surface area (Å²) < 4.78 is 18.8. The zero-order valence-electron chi connectivity index (χ0n) is 12.4. The third-order valence-electron chi connectivity index (χ3n) is 4.36. The van der Waals surface area contributed by atoms with Crippen molar-refractivity contribution in [2.75, 3.05) is 0 Å². The Morgan fingerprint density at radius 2 is 1.77 bits per heavy atom. The molecule has 1 aliphatic rings. The molecule has 0 aliphatic heterocycles. The Labute approximate surface area is 129 Å². The fraction of sp³-hybridized carbons (Fsp3) is 0.316. The van der Waals surface area contributed by atoms with Gasteiger partial charge in [0.2, 0.25) is 0 Å². The average molecular weight is 298 g/mol. The van der Waals surface area contributed by atoms with E-state index in [1.807, 2.05) is 6.08 Å². The maximum atomic E-state index is 13.2. The molecule has 114 valence electrons. The average Bonchev–Trinajstić information content (AvgIpc) is 2.55. The molecule has 3 rings (SSSR count). The molecule has 2 aromatic carbocycles. The number of allylic oxidation sites excluding steroid dienone is 1. The normalized spacial score (nSPS) is 21.5. The molecule has 0 N–H and O–H groups in total. The van der Waals surface area contributed by atoms with Crippen molar-refractivity contribution in [3.63, 3.8) is 0 Å². The number of ether oxygens (including phenoxy) is 1. The van der Waals surface area contributed by atoms with Crippen LogP contribution in [0.1, 0.15) is 36.0 Å². The Balaban J connectivity index is 1.70. The van der Waals surface area contributed by atoms with Gasteiger partial charge in [-0.2, -0.15) is 0 Å². The van der Waals surface area contributed by atoms with Gasteiger partial charge in [0.1, 0.15) is 11.9 Å². The summed E-state index contributed by atoms with van der Waals surface area (Å²) in [5.41, 5.74) is 0.518. The second-order valence-corrected chi connectivity index (χ2v) is 5.88. The van der Waals surface area contributed by atoms with Crippen molar-refractivity contribution < 1.29 is 13.9 Å². The van der Waals surface area contributed by atoms with Crippen LogP contribution in [0.2, 0.25) is 0 Å². The van der Waals surface area contributed by atoms with Crippen LogP contribution in [0.25, 0.3) is 10.8 Å². The van der Waals surface area contributed by atoms with Gasteiger partial charge in [0.25, 0.3) is 0 Å². The lowest BCUT2D eigenvalue weighted by Gasteiger charge is -2.26. The van der Waals surface area contributed by atoms with Crippen LogP contribution in [0, 0.1) is 11.7 Å². The molecule has 1 fully saturated rings. The van der Waals surface area contributed by atoms with E-state index in [-0.39, 0.29) is 17.9 Å². The summed E-state index contributed by atoms with van der Waals surface area (Å²) in [6.07, 6.45) is 5.81. The first-order valence-corrected chi connectivity index (χ1v) is 7.68. The maximum Gasteiger partial charge on any atom is 0.338 e. The van der Waals surface area contributed by atoms with E-state index in [0.717, 1.165) is 36.5 Å². The van der Waals surface area contributed by atoms with Gasteiger partial charge in [-0.05, 0) is 66.6 Å². The molecule has 0 atom stereocenters. The first-order chi connectivity index (χ1) is 10.7. The molecule has 0 amide bonds. The lowest BCUT2D eigenvalue weighted by atomic mass is 9.87. The molecular formula is C19H19FO2. The van der Waals surface area contributed by atoms with Crippen LogP contribution in [0.15, 0.2) is 49.1 Å². The van der Waals surface area contributed by atoms with Crippen molar-refractivity contribution >= 4 is 16.7 Å². The molecular weight excluding hydrogens is 279 g/mol. The van der Waals surface area contributed by atoms with Gasteiger partial charge < -0.3 is 4.74 Å². The van der Waals surface area contributed by atoms with Crippen molar-refractivity contribution in [1.82, 2.24) is 0 Å². The Bertz CT molecular complexity index is 700. The third-order valence-corrected chi connectivity index (χ3v) is 4.36. The van der Waals surface area contributed by atoms with E-state index < -0.39 is 0 Å². The van der Waals surface area contributed by atoms with E-state index in [1.54, 1.807) is 24.3 Å². The highest BCUT2D eigenvalue weighted by Gasteiger charge is 2.22. The Morgan fingerprint density at radius 1 is 1.09 bits per heavy atom. The predicted octanol–water partition coefficient (Wildman–Crippen LogP) is 4.88. The fourth-order valence-electron chi connectivity index (χ4n) is 3.01. The van der Waals surface area contributed by atoms with Crippen LogP contribution in [-0.2, 0) is 4.74 Å². The minimum Gasteiger partial charge on any atom is -0.459 e. The Hall–Kier alpha value is -2.16. The van der Waals surface area contributed by atoms with Crippen molar-refractivity contribution in [1.29, 1.82) is 0 Å². The van der Waals surface area contributed by atoms with E-state index in [1.165, 1.54) is 12.1 Å². The number of fused-ring (bicyclic) bond motifs is 1. The van der Waals surface area contributed by atoms with E-state index in [4.69, 9.17) is 4.74 Å².